The molecule has 1 N–H and O–H groups in total. The molecule has 0 fully saturated rings. The van der Waals surface area contributed by atoms with Gasteiger partial charge in [0.05, 0.1) is 0 Å². The second-order valence-corrected chi connectivity index (χ2v) is 7.72. The molecule has 132 valence electrons. The van der Waals surface area contributed by atoms with Crippen LogP contribution in [0.25, 0.3) is 0 Å². The highest BCUT2D eigenvalue weighted by atomic mass is 15.2. The summed E-state index contributed by atoms with van der Waals surface area (Å²) in [4.78, 5) is 11.4. The van der Waals surface area contributed by atoms with Gasteiger partial charge >= 0.3 is 0 Å². The van der Waals surface area contributed by atoms with Crippen LogP contribution in [0.3, 0.4) is 0 Å². The molecule has 1 aliphatic rings. The number of nitrogens with one attached hydrogen (secondary N) is 1. The SMILES string of the molecule is CC(C)(C)c1ccc(Nc2nccc(N3CCc4ccccc43)n2)cc1. The first kappa shape index (κ1) is 16.6. The number of para-hydroxylation sites is 1. The first-order valence-corrected chi connectivity index (χ1v) is 9.07. The molecular formula is C22H24N4. The number of aromatic nitrogens is 2. The third kappa shape index (κ3) is 3.27. The predicted octanol–water partition coefficient (Wildman–Crippen LogP) is 5.21. The maximum absolute atomic E-state index is 4.72. The van der Waals surface area contributed by atoms with Crippen molar-refractivity contribution in [2.75, 3.05) is 16.8 Å². The fourth-order valence-corrected chi connectivity index (χ4v) is 3.32. The maximum Gasteiger partial charge on any atom is 0.229 e. The maximum atomic E-state index is 4.72. The lowest BCUT2D eigenvalue weighted by molar-refractivity contribution is 0.590. The monoisotopic (exact) mass is 344 g/mol. The van der Waals surface area contributed by atoms with E-state index in [9.17, 15) is 0 Å². The molecule has 0 radical (unpaired) electrons. The summed E-state index contributed by atoms with van der Waals surface area (Å²) in [6, 6.07) is 19.0. The zero-order valence-electron chi connectivity index (χ0n) is 15.5. The molecular weight excluding hydrogens is 320 g/mol. The van der Waals surface area contributed by atoms with Crippen molar-refractivity contribution >= 4 is 23.1 Å². The molecule has 0 saturated heterocycles. The summed E-state index contributed by atoms with van der Waals surface area (Å²) in [5.41, 5.74) is 5.08. The van der Waals surface area contributed by atoms with E-state index in [1.54, 1.807) is 0 Å². The van der Waals surface area contributed by atoms with Gasteiger partial charge in [-0.15, -0.1) is 0 Å². The molecule has 0 spiro atoms. The fourth-order valence-electron chi connectivity index (χ4n) is 3.32. The highest BCUT2D eigenvalue weighted by Crippen LogP contribution is 2.33. The van der Waals surface area contributed by atoms with Crippen LogP contribution in [-0.4, -0.2) is 16.5 Å². The molecule has 3 aromatic rings. The Morgan fingerprint density at radius 3 is 2.50 bits per heavy atom. The van der Waals surface area contributed by atoms with Crippen molar-refractivity contribution in [2.45, 2.75) is 32.6 Å². The number of hydrogen-bond acceptors (Lipinski definition) is 4. The molecule has 1 aliphatic heterocycles. The molecule has 0 atom stereocenters. The molecule has 0 amide bonds. The molecule has 4 heteroatoms. The Morgan fingerprint density at radius 2 is 1.73 bits per heavy atom. The van der Waals surface area contributed by atoms with E-state index in [0.717, 1.165) is 24.5 Å². The largest absolute Gasteiger partial charge is 0.326 e. The normalized spacial score (nSPS) is 13.6. The van der Waals surface area contributed by atoms with E-state index in [4.69, 9.17) is 4.98 Å². The lowest BCUT2D eigenvalue weighted by atomic mass is 9.87. The quantitative estimate of drug-likeness (QED) is 0.708. The second-order valence-electron chi connectivity index (χ2n) is 7.72. The number of hydrogen-bond donors (Lipinski definition) is 1. The minimum absolute atomic E-state index is 0.151. The van der Waals surface area contributed by atoms with Gasteiger partial charge in [0, 0.05) is 24.1 Å². The van der Waals surface area contributed by atoms with Gasteiger partial charge in [-0.3, -0.25) is 0 Å². The van der Waals surface area contributed by atoms with Gasteiger partial charge in [-0.2, -0.15) is 4.98 Å². The fraction of sp³-hybridized carbons (Fsp3) is 0.273. The van der Waals surface area contributed by atoms with Crippen LogP contribution in [0.5, 0.6) is 0 Å². The Kier molecular flexibility index (Phi) is 4.11. The van der Waals surface area contributed by atoms with Crippen molar-refractivity contribution < 1.29 is 0 Å². The molecule has 1 aromatic heterocycles. The number of fused-ring (bicyclic) bond motifs is 1. The number of nitrogens with zero attached hydrogens (tertiary/aromatic N) is 3. The van der Waals surface area contributed by atoms with E-state index in [0.29, 0.717) is 5.95 Å². The van der Waals surface area contributed by atoms with E-state index in [2.05, 4.69) is 84.5 Å². The Labute approximate surface area is 154 Å². The first-order chi connectivity index (χ1) is 12.5. The minimum Gasteiger partial charge on any atom is -0.326 e. The van der Waals surface area contributed by atoms with Gasteiger partial charge < -0.3 is 10.2 Å². The molecule has 26 heavy (non-hydrogen) atoms. The molecule has 2 heterocycles. The summed E-state index contributed by atoms with van der Waals surface area (Å²) in [6.45, 7) is 7.61. The highest BCUT2D eigenvalue weighted by Gasteiger charge is 2.21. The third-order valence-electron chi connectivity index (χ3n) is 4.81. The Bertz CT molecular complexity index is 910. The zero-order chi connectivity index (χ0) is 18.1. The van der Waals surface area contributed by atoms with Crippen LogP contribution in [-0.2, 0) is 11.8 Å². The average molecular weight is 344 g/mol. The van der Waals surface area contributed by atoms with Gasteiger partial charge in [0.25, 0.3) is 0 Å². The number of anilines is 4. The van der Waals surface area contributed by atoms with Crippen LogP contribution in [0.15, 0.2) is 60.8 Å². The average Bonchev–Trinajstić information content (AvgIpc) is 3.06. The van der Waals surface area contributed by atoms with Crippen LogP contribution in [0.4, 0.5) is 23.1 Å². The lowest BCUT2D eigenvalue weighted by Gasteiger charge is -2.20. The Balaban J connectivity index is 1.55. The van der Waals surface area contributed by atoms with Gasteiger partial charge in [-0.1, -0.05) is 51.1 Å². The van der Waals surface area contributed by atoms with Crippen molar-refractivity contribution in [1.82, 2.24) is 9.97 Å². The third-order valence-corrected chi connectivity index (χ3v) is 4.81. The summed E-state index contributed by atoms with van der Waals surface area (Å²) >= 11 is 0. The van der Waals surface area contributed by atoms with Crippen molar-refractivity contribution in [2.24, 2.45) is 0 Å². The summed E-state index contributed by atoms with van der Waals surface area (Å²) < 4.78 is 0. The topological polar surface area (TPSA) is 41.1 Å². The summed E-state index contributed by atoms with van der Waals surface area (Å²) in [7, 11) is 0. The van der Waals surface area contributed by atoms with Crippen LogP contribution in [0, 0.1) is 0 Å². The zero-order valence-corrected chi connectivity index (χ0v) is 15.5. The number of benzene rings is 2. The first-order valence-electron chi connectivity index (χ1n) is 9.07. The Morgan fingerprint density at radius 1 is 0.962 bits per heavy atom. The molecule has 4 rings (SSSR count). The molecule has 0 bridgehead atoms. The van der Waals surface area contributed by atoms with Crippen LogP contribution >= 0.6 is 0 Å². The van der Waals surface area contributed by atoms with Crippen LogP contribution in [0.2, 0.25) is 0 Å². The lowest BCUT2D eigenvalue weighted by Crippen LogP contribution is -2.15. The summed E-state index contributed by atoms with van der Waals surface area (Å²) in [5, 5.41) is 3.32. The predicted molar refractivity (Wildman–Crippen MR) is 108 cm³/mol. The molecule has 0 unspecified atom stereocenters. The van der Waals surface area contributed by atoms with Crippen molar-refractivity contribution in [3.8, 4) is 0 Å². The van der Waals surface area contributed by atoms with Crippen LogP contribution < -0.4 is 10.2 Å². The highest BCUT2D eigenvalue weighted by molar-refractivity contribution is 5.68. The van der Waals surface area contributed by atoms with Gasteiger partial charge in [-0.05, 0) is 47.2 Å². The van der Waals surface area contributed by atoms with Crippen molar-refractivity contribution in [1.29, 1.82) is 0 Å². The van der Waals surface area contributed by atoms with Crippen molar-refractivity contribution in [3.05, 3.63) is 71.9 Å². The molecule has 4 nitrogen and oxygen atoms in total. The molecule has 2 aromatic carbocycles. The van der Waals surface area contributed by atoms with E-state index >= 15 is 0 Å². The summed E-state index contributed by atoms with van der Waals surface area (Å²) in [5.74, 6) is 1.55. The minimum atomic E-state index is 0.151. The molecule has 0 aliphatic carbocycles. The Hall–Kier alpha value is -2.88. The van der Waals surface area contributed by atoms with E-state index < -0.39 is 0 Å². The van der Waals surface area contributed by atoms with Gasteiger partial charge in [0.1, 0.15) is 5.82 Å². The van der Waals surface area contributed by atoms with Gasteiger partial charge in [0.2, 0.25) is 5.95 Å². The van der Waals surface area contributed by atoms with E-state index in [1.165, 1.54) is 16.8 Å². The van der Waals surface area contributed by atoms with Crippen LogP contribution in [0.1, 0.15) is 31.9 Å². The smallest absolute Gasteiger partial charge is 0.229 e. The number of rotatable bonds is 3. The van der Waals surface area contributed by atoms with Crippen molar-refractivity contribution in [3.63, 3.8) is 0 Å². The van der Waals surface area contributed by atoms with E-state index in [1.807, 2.05) is 12.3 Å². The van der Waals surface area contributed by atoms with E-state index in [-0.39, 0.29) is 5.41 Å². The van der Waals surface area contributed by atoms with Gasteiger partial charge in [-0.25, -0.2) is 4.98 Å². The standard InChI is InChI=1S/C22H24N4/c1-22(2,3)17-8-10-18(11-9-17)24-21-23-14-12-20(25-21)26-15-13-16-6-4-5-7-19(16)26/h4-12,14H,13,15H2,1-3H3,(H,23,24,25). The van der Waals surface area contributed by atoms with Gasteiger partial charge in [0.15, 0.2) is 0 Å². The molecule has 0 saturated carbocycles. The summed E-state index contributed by atoms with van der Waals surface area (Å²) in [6.07, 6.45) is 2.87. The second kappa shape index (κ2) is 6.45.